The third-order valence-corrected chi connectivity index (χ3v) is 4.86. The van der Waals surface area contributed by atoms with Crippen LogP contribution in [0, 0.1) is 11.7 Å². The van der Waals surface area contributed by atoms with Crippen molar-refractivity contribution in [1.82, 2.24) is 15.5 Å². The summed E-state index contributed by atoms with van der Waals surface area (Å²) in [5.74, 6) is -0.534. The minimum Gasteiger partial charge on any atom is -0.323 e. The van der Waals surface area contributed by atoms with Gasteiger partial charge in [0.25, 0.3) is 0 Å². The predicted octanol–water partition coefficient (Wildman–Crippen LogP) is 2.36. The molecular weight excluding hydrogens is 331 g/mol. The lowest BCUT2D eigenvalue weighted by molar-refractivity contribution is -0.120. The Labute approximate surface area is 145 Å². The standard InChI is InChI=1S/C17H19FN4O.ClH/c18-16-13-5-6-19-8-11(13)3-4-14(16)21-17(23)10-1-2-12-9-20-22-15(12)7-10;/h3-4,9-10,19H,1-2,5-8H2,(H,20,22)(H,21,23);1H. The van der Waals surface area contributed by atoms with Crippen molar-refractivity contribution in [1.29, 1.82) is 0 Å². The van der Waals surface area contributed by atoms with Gasteiger partial charge < -0.3 is 10.6 Å². The summed E-state index contributed by atoms with van der Waals surface area (Å²) in [5.41, 5.74) is 4.20. The van der Waals surface area contributed by atoms with Crippen LogP contribution in [0.3, 0.4) is 0 Å². The van der Waals surface area contributed by atoms with Crippen molar-refractivity contribution in [3.63, 3.8) is 0 Å². The molecule has 5 nitrogen and oxygen atoms in total. The quantitative estimate of drug-likeness (QED) is 0.778. The number of fused-ring (bicyclic) bond motifs is 2. The zero-order valence-electron chi connectivity index (χ0n) is 13.2. The van der Waals surface area contributed by atoms with Crippen LogP contribution >= 0.6 is 12.4 Å². The first-order chi connectivity index (χ1) is 11.2. The van der Waals surface area contributed by atoms with Gasteiger partial charge in [-0.15, -0.1) is 12.4 Å². The van der Waals surface area contributed by atoms with Gasteiger partial charge in [-0.1, -0.05) is 6.07 Å². The van der Waals surface area contributed by atoms with Crippen LogP contribution in [0.2, 0.25) is 0 Å². The number of hydrogen-bond acceptors (Lipinski definition) is 3. The number of H-pyrrole nitrogens is 1. The SMILES string of the molecule is Cl.O=C(Nc1ccc2c(c1F)CCNC2)C1CCc2cn[nH]c2C1. The highest BCUT2D eigenvalue weighted by atomic mass is 35.5. The van der Waals surface area contributed by atoms with Crippen molar-refractivity contribution >= 4 is 24.0 Å². The van der Waals surface area contributed by atoms with Gasteiger partial charge in [0.1, 0.15) is 5.82 Å². The van der Waals surface area contributed by atoms with Gasteiger partial charge in [-0.2, -0.15) is 5.10 Å². The fraction of sp³-hybridized carbons (Fsp3) is 0.412. The van der Waals surface area contributed by atoms with Gasteiger partial charge in [-0.05, 0) is 48.6 Å². The third-order valence-electron chi connectivity index (χ3n) is 4.86. The topological polar surface area (TPSA) is 69.8 Å². The number of anilines is 1. The number of carbonyl (C=O) groups is 1. The molecule has 3 N–H and O–H groups in total. The molecule has 1 aliphatic carbocycles. The number of carbonyl (C=O) groups excluding carboxylic acids is 1. The van der Waals surface area contributed by atoms with E-state index in [0.29, 0.717) is 25.1 Å². The van der Waals surface area contributed by atoms with Crippen LogP contribution < -0.4 is 10.6 Å². The first-order valence-corrected chi connectivity index (χ1v) is 8.05. The summed E-state index contributed by atoms with van der Waals surface area (Å²) < 4.78 is 14.6. The van der Waals surface area contributed by atoms with Gasteiger partial charge in [0.15, 0.2) is 0 Å². The van der Waals surface area contributed by atoms with Gasteiger partial charge in [0.05, 0.1) is 11.9 Å². The van der Waals surface area contributed by atoms with E-state index in [0.717, 1.165) is 36.2 Å². The maximum absolute atomic E-state index is 14.6. The van der Waals surface area contributed by atoms with Crippen molar-refractivity contribution in [3.05, 3.63) is 46.5 Å². The van der Waals surface area contributed by atoms with Crippen molar-refractivity contribution in [2.24, 2.45) is 5.92 Å². The van der Waals surface area contributed by atoms with Crippen LogP contribution in [0.5, 0.6) is 0 Å². The summed E-state index contributed by atoms with van der Waals surface area (Å²) in [4.78, 5) is 12.5. The van der Waals surface area contributed by atoms with Crippen LogP contribution in [-0.2, 0) is 30.6 Å². The fourth-order valence-electron chi connectivity index (χ4n) is 3.50. The Kier molecular flexibility index (Phi) is 4.87. The lowest BCUT2D eigenvalue weighted by Crippen LogP contribution is -2.29. The smallest absolute Gasteiger partial charge is 0.227 e. The molecule has 1 aliphatic heterocycles. The predicted molar refractivity (Wildman–Crippen MR) is 91.8 cm³/mol. The average molecular weight is 351 g/mol. The number of amides is 1. The Balaban J connectivity index is 0.00000169. The number of halogens is 2. The average Bonchev–Trinajstić information content (AvgIpc) is 3.05. The van der Waals surface area contributed by atoms with Crippen LogP contribution in [-0.4, -0.2) is 22.6 Å². The second kappa shape index (κ2) is 6.91. The summed E-state index contributed by atoms with van der Waals surface area (Å²) in [6, 6.07) is 3.57. The molecule has 0 saturated heterocycles. The molecule has 0 radical (unpaired) electrons. The van der Waals surface area contributed by atoms with Gasteiger partial charge in [0, 0.05) is 24.6 Å². The number of rotatable bonds is 2. The zero-order valence-corrected chi connectivity index (χ0v) is 14.0. The molecule has 24 heavy (non-hydrogen) atoms. The van der Waals surface area contributed by atoms with Gasteiger partial charge in [-0.25, -0.2) is 4.39 Å². The molecule has 1 aromatic carbocycles. The molecule has 0 fully saturated rings. The molecule has 128 valence electrons. The first-order valence-electron chi connectivity index (χ1n) is 8.05. The minimum atomic E-state index is -0.282. The van der Waals surface area contributed by atoms with E-state index >= 15 is 0 Å². The highest BCUT2D eigenvalue weighted by molar-refractivity contribution is 5.93. The maximum atomic E-state index is 14.6. The number of nitrogens with one attached hydrogen (secondary N) is 3. The van der Waals surface area contributed by atoms with E-state index in [4.69, 9.17) is 0 Å². The molecule has 2 aromatic rings. The van der Waals surface area contributed by atoms with Gasteiger partial charge in [0.2, 0.25) is 5.91 Å². The Morgan fingerprint density at radius 1 is 1.29 bits per heavy atom. The number of benzene rings is 1. The monoisotopic (exact) mass is 350 g/mol. The Morgan fingerprint density at radius 3 is 3.04 bits per heavy atom. The number of hydrogen-bond donors (Lipinski definition) is 3. The van der Waals surface area contributed by atoms with Gasteiger partial charge in [-0.3, -0.25) is 9.89 Å². The summed E-state index contributed by atoms with van der Waals surface area (Å²) in [6.45, 7) is 1.46. The van der Waals surface area contributed by atoms with Crippen molar-refractivity contribution in [2.45, 2.75) is 32.2 Å². The molecule has 2 aliphatic rings. The summed E-state index contributed by atoms with van der Waals surface area (Å²) in [7, 11) is 0. The number of aromatic amines is 1. The number of nitrogens with zero attached hydrogens (tertiary/aromatic N) is 1. The van der Waals surface area contributed by atoms with Crippen LogP contribution in [0.4, 0.5) is 10.1 Å². The molecule has 0 spiro atoms. The van der Waals surface area contributed by atoms with E-state index in [9.17, 15) is 9.18 Å². The second-order valence-electron chi connectivity index (χ2n) is 6.29. The van der Waals surface area contributed by atoms with Crippen molar-refractivity contribution in [2.75, 3.05) is 11.9 Å². The fourth-order valence-corrected chi connectivity index (χ4v) is 3.50. The molecule has 1 unspecified atom stereocenters. The van der Waals surface area contributed by atoms with Crippen LogP contribution in [0.15, 0.2) is 18.3 Å². The van der Waals surface area contributed by atoms with E-state index in [-0.39, 0.29) is 30.0 Å². The van der Waals surface area contributed by atoms with E-state index < -0.39 is 0 Å². The first kappa shape index (κ1) is 16.9. The van der Waals surface area contributed by atoms with Crippen LogP contribution in [0.1, 0.15) is 28.8 Å². The molecule has 1 atom stereocenters. The summed E-state index contributed by atoms with van der Waals surface area (Å²) in [6.07, 6.45) is 4.72. The summed E-state index contributed by atoms with van der Waals surface area (Å²) >= 11 is 0. The highest BCUT2D eigenvalue weighted by Crippen LogP contribution is 2.28. The molecule has 1 amide bonds. The normalized spacial score (nSPS) is 19.0. The third kappa shape index (κ3) is 3.03. The molecule has 4 rings (SSSR count). The lowest BCUT2D eigenvalue weighted by atomic mass is 9.87. The molecule has 2 heterocycles. The van der Waals surface area contributed by atoms with E-state index in [1.807, 2.05) is 12.3 Å². The molecule has 0 saturated carbocycles. The number of aromatic nitrogens is 2. The molecule has 0 bridgehead atoms. The molecule has 7 heteroatoms. The Morgan fingerprint density at radius 2 is 2.17 bits per heavy atom. The summed E-state index contributed by atoms with van der Waals surface area (Å²) in [5, 5.41) is 13.0. The second-order valence-corrected chi connectivity index (χ2v) is 6.29. The highest BCUT2D eigenvalue weighted by Gasteiger charge is 2.27. The zero-order chi connectivity index (χ0) is 15.8. The minimum absolute atomic E-state index is 0. The maximum Gasteiger partial charge on any atom is 0.227 e. The van der Waals surface area contributed by atoms with E-state index in [2.05, 4.69) is 20.8 Å². The van der Waals surface area contributed by atoms with Crippen LogP contribution in [0.25, 0.3) is 0 Å². The lowest BCUT2D eigenvalue weighted by Gasteiger charge is -2.23. The van der Waals surface area contributed by atoms with Crippen molar-refractivity contribution < 1.29 is 9.18 Å². The Hall–Kier alpha value is -1.92. The number of aryl methyl sites for hydroxylation is 1. The van der Waals surface area contributed by atoms with Crippen molar-refractivity contribution in [3.8, 4) is 0 Å². The van der Waals surface area contributed by atoms with Gasteiger partial charge >= 0.3 is 0 Å². The molecule has 1 aromatic heterocycles. The van der Waals surface area contributed by atoms with E-state index in [1.54, 1.807) is 6.07 Å². The largest absolute Gasteiger partial charge is 0.323 e. The van der Waals surface area contributed by atoms with E-state index in [1.165, 1.54) is 5.56 Å². The molecular formula is C17H20ClFN4O. The Bertz CT molecular complexity index is 761.